The number of alkyl carbamates (subject to hydrolysis) is 1. The van der Waals surface area contributed by atoms with Gasteiger partial charge in [-0.2, -0.15) is 0 Å². The normalized spacial score (nSPS) is 19.9. The van der Waals surface area contributed by atoms with Crippen LogP contribution in [-0.2, 0) is 70.9 Å². The molecule has 1 aliphatic rings. The molecule has 0 saturated carbocycles. The van der Waals surface area contributed by atoms with Crippen LogP contribution in [0.25, 0.3) is 0 Å². The molecule has 0 unspecified atom stereocenters. The van der Waals surface area contributed by atoms with Crippen molar-refractivity contribution in [1.82, 2.24) is 20.3 Å². The number of hydrogen-bond donors (Lipinski definition) is 1. The molecule has 1 amide bonds. The van der Waals surface area contributed by atoms with Crippen LogP contribution in [0, 0.1) is 0 Å². The Bertz CT molecular complexity index is 1980. The van der Waals surface area contributed by atoms with E-state index in [2.05, 4.69) is 15.6 Å². The molecule has 0 aliphatic carbocycles. The van der Waals surface area contributed by atoms with E-state index >= 15 is 0 Å². The molecule has 13 heteroatoms. The summed E-state index contributed by atoms with van der Waals surface area (Å²) in [6.45, 7) is 6.44. The molecule has 6 rings (SSSR count). The zero-order valence-corrected chi connectivity index (χ0v) is 33.3. The van der Waals surface area contributed by atoms with E-state index in [9.17, 15) is 9.59 Å². The first kappa shape index (κ1) is 42.2. The van der Waals surface area contributed by atoms with Gasteiger partial charge in [-0.25, -0.2) is 14.3 Å². The SMILES string of the molecule is COC(=O)[C@H](Cn1cc([C@H]2O[C@H](COCc3ccccc3)[C@@H](OCc3ccccc3)[C@H](OCc3ccccc3)[C@H]2OCc2ccccc2)nn1)NC(=O)OC(C)(C)C. The lowest BCUT2D eigenvalue weighted by Gasteiger charge is -2.45. The van der Waals surface area contributed by atoms with E-state index in [-0.39, 0.29) is 26.4 Å². The van der Waals surface area contributed by atoms with Crippen molar-refractivity contribution in [1.29, 1.82) is 0 Å². The summed E-state index contributed by atoms with van der Waals surface area (Å²) in [4.78, 5) is 25.5. The highest BCUT2D eigenvalue weighted by Crippen LogP contribution is 2.38. The molecule has 58 heavy (non-hydrogen) atoms. The Morgan fingerprint density at radius 3 is 1.69 bits per heavy atom. The van der Waals surface area contributed by atoms with Crippen molar-refractivity contribution in [3.8, 4) is 0 Å². The highest BCUT2D eigenvalue weighted by molar-refractivity contribution is 5.81. The second-order valence-corrected chi connectivity index (χ2v) is 15.0. The van der Waals surface area contributed by atoms with E-state index in [0.717, 1.165) is 22.3 Å². The average Bonchev–Trinajstić information content (AvgIpc) is 3.70. The quantitative estimate of drug-likeness (QED) is 0.0942. The van der Waals surface area contributed by atoms with Gasteiger partial charge >= 0.3 is 12.1 Å². The number of aromatic nitrogens is 3. The van der Waals surface area contributed by atoms with Crippen LogP contribution in [0.15, 0.2) is 128 Å². The molecule has 1 saturated heterocycles. The lowest BCUT2D eigenvalue weighted by Crippen LogP contribution is -2.58. The van der Waals surface area contributed by atoms with E-state index in [1.165, 1.54) is 11.8 Å². The molecule has 6 atom stereocenters. The molecule has 5 aromatic rings. The number of amides is 1. The number of esters is 1. The van der Waals surface area contributed by atoms with E-state index in [0.29, 0.717) is 18.9 Å². The first-order valence-electron chi connectivity index (χ1n) is 19.4. The highest BCUT2D eigenvalue weighted by Gasteiger charge is 2.50. The van der Waals surface area contributed by atoms with Crippen LogP contribution in [0.3, 0.4) is 0 Å². The fourth-order valence-electron chi connectivity index (χ4n) is 6.52. The van der Waals surface area contributed by atoms with Crippen molar-refractivity contribution in [2.75, 3.05) is 13.7 Å². The molecule has 0 spiro atoms. The van der Waals surface area contributed by atoms with E-state index < -0.39 is 54.2 Å². The number of methoxy groups -OCH3 is 1. The van der Waals surface area contributed by atoms with Crippen molar-refractivity contribution < 1.29 is 42.7 Å². The average molecular weight is 793 g/mol. The van der Waals surface area contributed by atoms with Crippen LogP contribution in [0.4, 0.5) is 4.79 Å². The lowest BCUT2D eigenvalue weighted by atomic mass is 9.92. The van der Waals surface area contributed by atoms with Gasteiger partial charge in [0.15, 0.2) is 0 Å². The maximum absolute atomic E-state index is 12.8. The Balaban J connectivity index is 1.34. The fraction of sp³-hybridized carbons (Fsp3) is 0.378. The monoisotopic (exact) mass is 792 g/mol. The van der Waals surface area contributed by atoms with Gasteiger partial charge in [-0.05, 0) is 43.0 Å². The summed E-state index contributed by atoms with van der Waals surface area (Å²) >= 11 is 0. The summed E-state index contributed by atoms with van der Waals surface area (Å²) in [6.07, 6.45) is -2.65. The summed E-state index contributed by atoms with van der Waals surface area (Å²) in [7, 11) is 1.25. The zero-order valence-electron chi connectivity index (χ0n) is 33.3. The summed E-state index contributed by atoms with van der Waals surface area (Å²) in [5.74, 6) is -0.677. The van der Waals surface area contributed by atoms with Gasteiger partial charge in [0.2, 0.25) is 0 Å². The van der Waals surface area contributed by atoms with Crippen LogP contribution >= 0.6 is 0 Å². The minimum atomic E-state index is -1.12. The number of nitrogens with zero attached hydrogens (tertiary/aromatic N) is 3. The Labute approximate surface area is 339 Å². The Morgan fingerprint density at radius 1 is 0.707 bits per heavy atom. The number of benzene rings is 4. The van der Waals surface area contributed by atoms with E-state index in [4.69, 9.17) is 33.2 Å². The summed E-state index contributed by atoms with van der Waals surface area (Å²) in [5, 5.41) is 11.5. The number of hydrogen-bond acceptors (Lipinski definition) is 11. The predicted molar refractivity (Wildman–Crippen MR) is 214 cm³/mol. The van der Waals surface area contributed by atoms with Crippen molar-refractivity contribution in [2.24, 2.45) is 0 Å². The molecule has 306 valence electrons. The largest absolute Gasteiger partial charge is 0.467 e. The van der Waals surface area contributed by atoms with Gasteiger partial charge in [-0.15, -0.1) is 5.10 Å². The summed E-state index contributed by atoms with van der Waals surface area (Å²) in [6, 6.07) is 38.5. The fourth-order valence-corrected chi connectivity index (χ4v) is 6.52. The van der Waals surface area contributed by atoms with Crippen molar-refractivity contribution in [3.05, 3.63) is 155 Å². The minimum absolute atomic E-state index is 0.0957. The number of carbonyl (C=O) groups excluding carboxylic acids is 2. The van der Waals surface area contributed by atoms with Gasteiger partial charge in [0.05, 0.1) is 52.9 Å². The molecule has 2 heterocycles. The molecule has 1 fully saturated rings. The third kappa shape index (κ3) is 12.5. The van der Waals surface area contributed by atoms with Gasteiger partial charge in [-0.3, -0.25) is 0 Å². The molecule has 13 nitrogen and oxygen atoms in total. The van der Waals surface area contributed by atoms with Crippen LogP contribution < -0.4 is 5.32 Å². The Hall–Kier alpha value is -5.44. The van der Waals surface area contributed by atoms with E-state index in [1.807, 2.05) is 121 Å². The van der Waals surface area contributed by atoms with Gasteiger partial charge in [0.1, 0.15) is 47.9 Å². The van der Waals surface area contributed by atoms with Crippen molar-refractivity contribution in [3.63, 3.8) is 0 Å². The first-order chi connectivity index (χ1) is 28.1. The van der Waals surface area contributed by atoms with E-state index in [1.54, 1.807) is 27.0 Å². The van der Waals surface area contributed by atoms with Crippen LogP contribution in [0.5, 0.6) is 0 Å². The Kier molecular flexibility index (Phi) is 15.1. The minimum Gasteiger partial charge on any atom is -0.467 e. The molecule has 4 aromatic carbocycles. The van der Waals surface area contributed by atoms with Crippen LogP contribution in [-0.4, -0.2) is 76.8 Å². The zero-order chi connectivity index (χ0) is 40.7. The topological polar surface area (TPSA) is 141 Å². The second kappa shape index (κ2) is 20.8. The van der Waals surface area contributed by atoms with Crippen molar-refractivity contribution >= 4 is 12.1 Å². The smallest absolute Gasteiger partial charge is 0.408 e. The standard InChI is InChI=1S/C45H52N4O9/c1-45(2,3)58-44(51)46-37(43(50)52-4)26-49-25-36(47-48-49)39-41(55-29-34-21-13-7-14-22-34)42(56-30-35-23-15-8-16-24-35)40(54-28-33-19-11-6-12-20-33)38(57-39)31-53-27-32-17-9-5-10-18-32/h5-25,37-42H,26-31H2,1-4H3,(H,46,51)/t37-,38+,39+,40+,41-,42-/m0/s1. The maximum atomic E-state index is 12.8. The van der Waals surface area contributed by atoms with Gasteiger partial charge in [0, 0.05) is 0 Å². The number of carbonyl (C=O) groups is 2. The van der Waals surface area contributed by atoms with Gasteiger partial charge in [-0.1, -0.05) is 127 Å². The Morgan fingerprint density at radius 2 is 1.19 bits per heavy atom. The first-order valence-corrected chi connectivity index (χ1v) is 19.4. The third-order valence-electron chi connectivity index (χ3n) is 9.28. The molecule has 1 N–H and O–H groups in total. The predicted octanol–water partition coefficient (Wildman–Crippen LogP) is 6.76. The highest BCUT2D eigenvalue weighted by atomic mass is 16.6. The van der Waals surface area contributed by atoms with Gasteiger partial charge in [0.25, 0.3) is 0 Å². The van der Waals surface area contributed by atoms with Crippen molar-refractivity contribution in [2.45, 2.75) is 95.9 Å². The second-order valence-electron chi connectivity index (χ2n) is 15.0. The number of rotatable bonds is 18. The van der Waals surface area contributed by atoms with Gasteiger partial charge < -0.3 is 38.5 Å². The molecular formula is C45H52N4O9. The molecule has 1 aromatic heterocycles. The van der Waals surface area contributed by atoms with Crippen LogP contribution in [0.2, 0.25) is 0 Å². The lowest BCUT2D eigenvalue weighted by molar-refractivity contribution is -0.275. The van der Waals surface area contributed by atoms with Crippen LogP contribution in [0.1, 0.15) is 54.8 Å². The molecule has 1 aliphatic heterocycles. The molecule has 0 radical (unpaired) electrons. The maximum Gasteiger partial charge on any atom is 0.408 e. The molecule has 0 bridgehead atoms. The summed E-state index contributed by atoms with van der Waals surface area (Å²) < 4.78 is 45.5. The third-order valence-corrected chi connectivity index (χ3v) is 9.28. The number of nitrogens with one attached hydrogen (secondary N) is 1. The number of ether oxygens (including phenoxy) is 7. The molecular weight excluding hydrogens is 741 g/mol. The summed E-state index contributed by atoms with van der Waals surface area (Å²) in [5.41, 5.74) is 3.57.